The van der Waals surface area contributed by atoms with E-state index in [-0.39, 0.29) is 12.5 Å². The van der Waals surface area contributed by atoms with E-state index in [4.69, 9.17) is 5.11 Å². The smallest absolute Gasteiger partial charge is 0.308 e. The first-order valence-electron chi connectivity index (χ1n) is 6.92. The number of hydrogen-bond donors (Lipinski definition) is 1. The number of carboxylic acid groups (broad SMARTS) is 1. The van der Waals surface area contributed by atoms with Crippen molar-refractivity contribution in [2.24, 2.45) is 5.92 Å². The standard InChI is InChI=1S/C14H20N2O3S/c1-9(14(18)19)7-16(2)13(17)12-11(15-8-20-12)10-5-3-4-6-10/h8-10H,3-7H2,1-2H3,(H,18,19). The van der Waals surface area contributed by atoms with E-state index in [9.17, 15) is 9.59 Å². The molecule has 0 spiro atoms. The molecule has 0 saturated heterocycles. The lowest BCUT2D eigenvalue weighted by atomic mass is 10.0. The summed E-state index contributed by atoms with van der Waals surface area (Å²) in [5.41, 5.74) is 2.63. The molecule has 1 aliphatic rings. The van der Waals surface area contributed by atoms with E-state index in [1.165, 1.54) is 29.1 Å². The van der Waals surface area contributed by atoms with Crippen LogP contribution >= 0.6 is 11.3 Å². The first-order chi connectivity index (χ1) is 9.50. The van der Waals surface area contributed by atoms with E-state index in [0.29, 0.717) is 10.8 Å². The first kappa shape index (κ1) is 15.0. The molecule has 110 valence electrons. The van der Waals surface area contributed by atoms with Crippen molar-refractivity contribution in [2.75, 3.05) is 13.6 Å². The highest BCUT2D eigenvalue weighted by Gasteiger charge is 2.27. The van der Waals surface area contributed by atoms with Crippen molar-refractivity contribution in [1.82, 2.24) is 9.88 Å². The van der Waals surface area contributed by atoms with Crippen LogP contribution in [0.2, 0.25) is 0 Å². The summed E-state index contributed by atoms with van der Waals surface area (Å²) in [6.45, 7) is 1.83. The van der Waals surface area contributed by atoms with Crippen LogP contribution in [0.1, 0.15) is 53.9 Å². The predicted molar refractivity (Wildman–Crippen MR) is 77.1 cm³/mol. The van der Waals surface area contributed by atoms with Crippen LogP contribution in [0, 0.1) is 5.92 Å². The second-order valence-electron chi connectivity index (χ2n) is 5.47. The summed E-state index contributed by atoms with van der Waals surface area (Å²) >= 11 is 1.36. The van der Waals surface area contributed by atoms with Gasteiger partial charge in [-0.2, -0.15) is 0 Å². The number of nitrogens with zero attached hydrogens (tertiary/aromatic N) is 2. The molecule has 1 saturated carbocycles. The Kier molecular flexibility index (Phi) is 4.75. The number of amides is 1. The van der Waals surface area contributed by atoms with Crippen LogP contribution in [-0.2, 0) is 4.79 Å². The highest BCUT2D eigenvalue weighted by atomic mass is 32.1. The molecule has 1 fully saturated rings. The maximum absolute atomic E-state index is 12.4. The monoisotopic (exact) mass is 296 g/mol. The quantitative estimate of drug-likeness (QED) is 0.906. The van der Waals surface area contributed by atoms with E-state index < -0.39 is 11.9 Å². The molecule has 1 heterocycles. The lowest BCUT2D eigenvalue weighted by Crippen LogP contribution is -2.33. The third kappa shape index (κ3) is 3.17. The van der Waals surface area contributed by atoms with E-state index in [1.54, 1.807) is 19.5 Å². The Morgan fingerprint density at radius 3 is 2.75 bits per heavy atom. The fraction of sp³-hybridized carbons (Fsp3) is 0.643. The van der Waals surface area contributed by atoms with Gasteiger partial charge in [0.2, 0.25) is 0 Å². The van der Waals surface area contributed by atoms with Gasteiger partial charge in [0.15, 0.2) is 0 Å². The average molecular weight is 296 g/mol. The first-order valence-corrected chi connectivity index (χ1v) is 7.80. The Morgan fingerprint density at radius 2 is 2.15 bits per heavy atom. The van der Waals surface area contributed by atoms with Gasteiger partial charge < -0.3 is 10.0 Å². The van der Waals surface area contributed by atoms with Crippen molar-refractivity contribution < 1.29 is 14.7 Å². The lowest BCUT2D eigenvalue weighted by Gasteiger charge is -2.20. The summed E-state index contributed by atoms with van der Waals surface area (Å²) < 4.78 is 0. The second kappa shape index (κ2) is 6.35. The molecule has 1 atom stereocenters. The van der Waals surface area contributed by atoms with Crippen LogP contribution in [-0.4, -0.2) is 40.5 Å². The Balaban J connectivity index is 2.09. The maximum Gasteiger partial charge on any atom is 0.308 e. The predicted octanol–water partition coefficient (Wildman–Crippen LogP) is 2.59. The molecule has 1 aromatic rings. The van der Waals surface area contributed by atoms with Crippen LogP contribution in [0.3, 0.4) is 0 Å². The number of carbonyl (C=O) groups is 2. The van der Waals surface area contributed by atoms with Crippen molar-refractivity contribution in [3.05, 3.63) is 16.1 Å². The SMILES string of the molecule is CC(CN(C)C(=O)c1scnc1C1CCCC1)C(=O)O. The second-order valence-corrected chi connectivity index (χ2v) is 6.33. The topological polar surface area (TPSA) is 70.5 Å². The molecule has 2 rings (SSSR count). The average Bonchev–Trinajstić information content (AvgIpc) is 3.07. The number of aliphatic carboxylic acids is 1. The minimum absolute atomic E-state index is 0.109. The Labute approximate surface area is 122 Å². The largest absolute Gasteiger partial charge is 0.481 e. The summed E-state index contributed by atoms with van der Waals surface area (Å²) in [6.07, 6.45) is 4.59. The Bertz CT molecular complexity index is 494. The molecule has 5 nitrogen and oxygen atoms in total. The van der Waals surface area contributed by atoms with Crippen LogP contribution in [0.4, 0.5) is 0 Å². The molecule has 1 amide bonds. The van der Waals surface area contributed by atoms with E-state index in [1.807, 2.05) is 0 Å². The van der Waals surface area contributed by atoms with Gasteiger partial charge in [0.25, 0.3) is 5.91 Å². The molecule has 1 aromatic heterocycles. The van der Waals surface area contributed by atoms with Crippen LogP contribution in [0.15, 0.2) is 5.51 Å². The van der Waals surface area contributed by atoms with Gasteiger partial charge in [-0.05, 0) is 12.8 Å². The zero-order valence-corrected chi connectivity index (χ0v) is 12.7. The van der Waals surface area contributed by atoms with Gasteiger partial charge in [-0.15, -0.1) is 11.3 Å². The maximum atomic E-state index is 12.4. The van der Waals surface area contributed by atoms with E-state index >= 15 is 0 Å². The number of hydrogen-bond acceptors (Lipinski definition) is 4. The molecule has 1 N–H and O–H groups in total. The summed E-state index contributed by atoms with van der Waals surface area (Å²) in [5, 5.41) is 8.92. The molecule has 1 unspecified atom stereocenters. The van der Waals surface area contributed by atoms with Gasteiger partial charge in [-0.3, -0.25) is 9.59 Å². The fourth-order valence-electron chi connectivity index (χ4n) is 2.65. The fourth-order valence-corrected chi connectivity index (χ4v) is 3.52. The number of thiazole rings is 1. The lowest BCUT2D eigenvalue weighted by molar-refractivity contribution is -0.141. The van der Waals surface area contributed by atoms with Gasteiger partial charge in [-0.1, -0.05) is 19.8 Å². The highest BCUT2D eigenvalue weighted by molar-refractivity contribution is 7.11. The van der Waals surface area contributed by atoms with Gasteiger partial charge in [-0.25, -0.2) is 4.98 Å². The molecule has 0 bridgehead atoms. The molecular weight excluding hydrogens is 276 g/mol. The van der Waals surface area contributed by atoms with Gasteiger partial charge in [0.1, 0.15) is 4.88 Å². The van der Waals surface area contributed by atoms with Crippen LogP contribution in [0.5, 0.6) is 0 Å². The zero-order valence-electron chi connectivity index (χ0n) is 11.8. The summed E-state index contributed by atoms with van der Waals surface area (Å²) in [6, 6.07) is 0. The summed E-state index contributed by atoms with van der Waals surface area (Å²) in [7, 11) is 1.65. The van der Waals surface area contributed by atoms with Gasteiger partial charge >= 0.3 is 5.97 Å². The Hall–Kier alpha value is -1.43. The molecular formula is C14H20N2O3S. The minimum Gasteiger partial charge on any atom is -0.481 e. The number of rotatable bonds is 5. The van der Waals surface area contributed by atoms with Crippen molar-refractivity contribution >= 4 is 23.2 Å². The highest BCUT2D eigenvalue weighted by Crippen LogP contribution is 2.36. The molecule has 0 radical (unpaired) electrons. The summed E-state index contributed by atoms with van der Waals surface area (Å²) in [4.78, 5) is 29.9. The minimum atomic E-state index is -0.884. The number of aromatic nitrogens is 1. The third-order valence-corrected chi connectivity index (χ3v) is 4.68. The van der Waals surface area contributed by atoms with E-state index in [2.05, 4.69) is 4.98 Å². The molecule has 0 aliphatic heterocycles. The number of carboxylic acids is 1. The zero-order chi connectivity index (χ0) is 14.7. The van der Waals surface area contributed by atoms with Crippen LogP contribution < -0.4 is 0 Å². The van der Waals surface area contributed by atoms with Crippen molar-refractivity contribution in [3.63, 3.8) is 0 Å². The van der Waals surface area contributed by atoms with Gasteiger partial charge in [0.05, 0.1) is 17.1 Å². The molecule has 20 heavy (non-hydrogen) atoms. The normalized spacial score (nSPS) is 17.1. The third-order valence-electron chi connectivity index (χ3n) is 3.85. The van der Waals surface area contributed by atoms with Gasteiger partial charge in [0, 0.05) is 19.5 Å². The van der Waals surface area contributed by atoms with Crippen molar-refractivity contribution in [3.8, 4) is 0 Å². The molecule has 1 aliphatic carbocycles. The van der Waals surface area contributed by atoms with E-state index in [0.717, 1.165) is 18.5 Å². The van der Waals surface area contributed by atoms with Crippen molar-refractivity contribution in [2.45, 2.75) is 38.5 Å². The number of carbonyl (C=O) groups excluding carboxylic acids is 1. The van der Waals surface area contributed by atoms with Crippen molar-refractivity contribution in [1.29, 1.82) is 0 Å². The summed E-state index contributed by atoms with van der Waals surface area (Å²) in [5.74, 6) is -1.16. The molecule has 0 aromatic carbocycles. The molecule has 6 heteroatoms. The van der Waals surface area contributed by atoms with Crippen LogP contribution in [0.25, 0.3) is 0 Å². The Morgan fingerprint density at radius 1 is 1.50 bits per heavy atom.